The minimum absolute atomic E-state index is 0.119. The van der Waals surface area contributed by atoms with Crippen LogP contribution in [0.1, 0.15) is 35.6 Å². The van der Waals surface area contributed by atoms with Gasteiger partial charge in [0, 0.05) is 6.04 Å². The summed E-state index contributed by atoms with van der Waals surface area (Å²) in [5.41, 5.74) is 9.63. The summed E-state index contributed by atoms with van der Waals surface area (Å²) >= 11 is 0. The first-order valence-electron chi connectivity index (χ1n) is 6.98. The lowest BCUT2D eigenvalue weighted by Gasteiger charge is -2.22. The van der Waals surface area contributed by atoms with Crippen molar-refractivity contribution in [3.8, 4) is 5.75 Å². The normalized spacial score (nSPS) is 17.6. The smallest absolute Gasteiger partial charge is 0.123 e. The highest BCUT2D eigenvalue weighted by Crippen LogP contribution is 2.31. The Kier molecular flexibility index (Phi) is 3.70. The Morgan fingerprint density at radius 2 is 1.95 bits per heavy atom. The molecule has 2 aromatic carbocycles. The van der Waals surface area contributed by atoms with Crippen molar-refractivity contribution < 1.29 is 9.13 Å². The lowest BCUT2D eigenvalue weighted by atomic mass is 9.88. The zero-order valence-electron chi connectivity index (χ0n) is 11.3. The molecule has 0 spiro atoms. The van der Waals surface area contributed by atoms with Gasteiger partial charge in [-0.3, -0.25) is 0 Å². The highest BCUT2D eigenvalue weighted by atomic mass is 19.1. The molecule has 0 bridgehead atoms. The SMILES string of the molecule is NC1CCCc2ccc(OCc3ccc(F)cc3)cc21. The van der Waals surface area contributed by atoms with Gasteiger partial charge in [-0.1, -0.05) is 18.2 Å². The average Bonchev–Trinajstić information content (AvgIpc) is 2.47. The molecular weight excluding hydrogens is 253 g/mol. The van der Waals surface area contributed by atoms with Gasteiger partial charge in [0.25, 0.3) is 0 Å². The van der Waals surface area contributed by atoms with Crippen molar-refractivity contribution in [2.45, 2.75) is 31.9 Å². The quantitative estimate of drug-likeness (QED) is 0.923. The molecule has 0 radical (unpaired) electrons. The van der Waals surface area contributed by atoms with Crippen molar-refractivity contribution in [3.05, 3.63) is 65.0 Å². The molecule has 1 aliphatic rings. The third-order valence-corrected chi connectivity index (χ3v) is 3.80. The minimum atomic E-state index is -0.228. The number of fused-ring (bicyclic) bond motifs is 1. The number of hydrogen-bond donors (Lipinski definition) is 1. The highest BCUT2D eigenvalue weighted by Gasteiger charge is 2.17. The van der Waals surface area contributed by atoms with Gasteiger partial charge >= 0.3 is 0 Å². The maximum Gasteiger partial charge on any atom is 0.123 e. The van der Waals surface area contributed by atoms with Crippen molar-refractivity contribution in [2.24, 2.45) is 5.73 Å². The molecule has 104 valence electrons. The third-order valence-electron chi connectivity index (χ3n) is 3.80. The van der Waals surface area contributed by atoms with Crippen molar-refractivity contribution in [1.82, 2.24) is 0 Å². The van der Waals surface area contributed by atoms with E-state index in [0.29, 0.717) is 6.61 Å². The third kappa shape index (κ3) is 2.83. The second-order valence-corrected chi connectivity index (χ2v) is 5.27. The summed E-state index contributed by atoms with van der Waals surface area (Å²) in [5, 5.41) is 0. The van der Waals surface area contributed by atoms with Crippen molar-refractivity contribution in [3.63, 3.8) is 0 Å². The van der Waals surface area contributed by atoms with Crippen molar-refractivity contribution in [1.29, 1.82) is 0 Å². The summed E-state index contributed by atoms with van der Waals surface area (Å²) in [6, 6.07) is 12.6. The van der Waals surface area contributed by atoms with Gasteiger partial charge < -0.3 is 10.5 Å². The van der Waals surface area contributed by atoms with E-state index in [1.54, 1.807) is 12.1 Å². The lowest BCUT2D eigenvalue weighted by Crippen LogP contribution is -2.17. The van der Waals surface area contributed by atoms with Gasteiger partial charge in [-0.2, -0.15) is 0 Å². The van der Waals surface area contributed by atoms with Crippen LogP contribution >= 0.6 is 0 Å². The van der Waals surface area contributed by atoms with E-state index in [-0.39, 0.29) is 11.9 Å². The molecule has 2 nitrogen and oxygen atoms in total. The maximum atomic E-state index is 12.8. The van der Waals surface area contributed by atoms with Gasteiger partial charge in [-0.15, -0.1) is 0 Å². The van der Waals surface area contributed by atoms with Crippen LogP contribution in [-0.4, -0.2) is 0 Å². The second kappa shape index (κ2) is 5.63. The van der Waals surface area contributed by atoms with E-state index in [2.05, 4.69) is 6.07 Å². The fourth-order valence-electron chi connectivity index (χ4n) is 2.65. The van der Waals surface area contributed by atoms with Crippen LogP contribution in [0.3, 0.4) is 0 Å². The standard InChI is InChI=1S/C17H18FNO/c18-14-7-4-12(5-8-14)11-20-15-9-6-13-2-1-3-17(19)16(13)10-15/h4-10,17H,1-3,11,19H2. The Balaban J connectivity index is 1.72. The fraction of sp³-hybridized carbons (Fsp3) is 0.294. The number of ether oxygens (including phenoxy) is 1. The first-order valence-corrected chi connectivity index (χ1v) is 6.98. The van der Waals surface area contributed by atoms with Crippen LogP contribution < -0.4 is 10.5 Å². The Hall–Kier alpha value is -1.87. The number of halogens is 1. The molecule has 0 amide bonds. The van der Waals surface area contributed by atoms with Crippen LogP contribution in [0.5, 0.6) is 5.75 Å². The first-order chi connectivity index (χ1) is 9.72. The molecule has 1 unspecified atom stereocenters. The largest absolute Gasteiger partial charge is 0.489 e. The molecule has 20 heavy (non-hydrogen) atoms. The van der Waals surface area contributed by atoms with Crippen LogP contribution in [-0.2, 0) is 13.0 Å². The summed E-state index contributed by atoms with van der Waals surface area (Å²) in [6.07, 6.45) is 3.29. The summed E-state index contributed by atoms with van der Waals surface area (Å²) in [4.78, 5) is 0. The van der Waals surface area contributed by atoms with Crippen LogP contribution in [0.15, 0.2) is 42.5 Å². The van der Waals surface area contributed by atoms with Crippen LogP contribution in [0, 0.1) is 5.82 Å². The number of rotatable bonds is 3. The lowest BCUT2D eigenvalue weighted by molar-refractivity contribution is 0.305. The fourth-order valence-corrected chi connectivity index (χ4v) is 2.65. The number of hydrogen-bond acceptors (Lipinski definition) is 2. The van der Waals surface area contributed by atoms with Gasteiger partial charge in [-0.25, -0.2) is 4.39 Å². The van der Waals surface area contributed by atoms with Gasteiger partial charge in [0.05, 0.1) is 0 Å². The number of benzene rings is 2. The monoisotopic (exact) mass is 271 g/mol. The van der Waals surface area contributed by atoms with Gasteiger partial charge in [0.2, 0.25) is 0 Å². The summed E-state index contributed by atoms with van der Waals surface area (Å²) < 4.78 is 18.6. The van der Waals surface area contributed by atoms with E-state index < -0.39 is 0 Å². The molecule has 2 N–H and O–H groups in total. The predicted molar refractivity (Wildman–Crippen MR) is 77.0 cm³/mol. The first kappa shape index (κ1) is 13.1. The molecule has 2 aromatic rings. The Morgan fingerprint density at radius 3 is 2.75 bits per heavy atom. The molecule has 0 saturated heterocycles. The van der Waals surface area contributed by atoms with Crippen molar-refractivity contribution >= 4 is 0 Å². The summed E-state index contributed by atoms with van der Waals surface area (Å²) in [5.74, 6) is 0.596. The average molecular weight is 271 g/mol. The zero-order chi connectivity index (χ0) is 13.9. The summed E-state index contributed by atoms with van der Waals surface area (Å²) in [7, 11) is 0. The Bertz CT molecular complexity index is 594. The van der Waals surface area contributed by atoms with Gasteiger partial charge in [0.15, 0.2) is 0 Å². The highest BCUT2D eigenvalue weighted by molar-refractivity contribution is 5.39. The zero-order valence-corrected chi connectivity index (χ0v) is 11.3. The predicted octanol–water partition coefficient (Wildman–Crippen LogP) is 3.74. The van der Waals surface area contributed by atoms with E-state index >= 15 is 0 Å². The number of nitrogens with two attached hydrogens (primary N) is 1. The minimum Gasteiger partial charge on any atom is -0.489 e. The second-order valence-electron chi connectivity index (χ2n) is 5.27. The summed E-state index contributed by atoms with van der Waals surface area (Å²) in [6.45, 7) is 0.439. The van der Waals surface area contributed by atoms with Gasteiger partial charge in [0.1, 0.15) is 18.2 Å². The molecule has 0 saturated carbocycles. The molecule has 0 aromatic heterocycles. The number of aryl methyl sites for hydroxylation is 1. The maximum absolute atomic E-state index is 12.8. The van der Waals surface area contributed by atoms with E-state index in [1.165, 1.54) is 23.3 Å². The van der Waals surface area contributed by atoms with Crippen LogP contribution in [0.4, 0.5) is 4.39 Å². The molecule has 3 heteroatoms. The molecule has 0 fully saturated rings. The molecule has 3 rings (SSSR count). The Morgan fingerprint density at radius 1 is 1.15 bits per heavy atom. The molecular formula is C17H18FNO. The van der Waals surface area contributed by atoms with E-state index in [4.69, 9.17) is 10.5 Å². The van der Waals surface area contributed by atoms with Crippen LogP contribution in [0.2, 0.25) is 0 Å². The molecule has 1 aliphatic carbocycles. The Labute approximate surface area is 118 Å². The topological polar surface area (TPSA) is 35.2 Å². The van der Waals surface area contributed by atoms with Gasteiger partial charge in [-0.05, 0) is 60.2 Å². The molecule has 1 atom stereocenters. The van der Waals surface area contributed by atoms with Crippen molar-refractivity contribution in [2.75, 3.05) is 0 Å². The van der Waals surface area contributed by atoms with E-state index in [1.807, 2.05) is 12.1 Å². The van der Waals surface area contributed by atoms with Crippen LogP contribution in [0.25, 0.3) is 0 Å². The molecule has 0 aliphatic heterocycles. The molecule has 0 heterocycles. The van der Waals surface area contributed by atoms with E-state index in [0.717, 1.165) is 30.6 Å². The van der Waals surface area contributed by atoms with E-state index in [9.17, 15) is 4.39 Å².